The van der Waals surface area contributed by atoms with Gasteiger partial charge in [0.05, 0.1) is 13.2 Å². The summed E-state index contributed by atoms with van der Waals surface area (Å²) in [6.07, 6.45) is -0.954. The van der Waals surface area contributed by atoms with Crippen LogP contribution in [0.3, 0.4) is 0 Å². The summed E-state index contributed by atoms with van der Waals surface area (Å²) in [7, 11) is 3.17. The van der Waals surface area contributed by atoms with E-state index < -0.39 is 12.1 Å². The van der Waals surface area contributed by atoms with Crippen LogP contribution in [-0.2, 0) is 14.3 Å². The van der Waals surface area contributed by atoms with E-state index in [2.05, 4.69) is 16.1 Å². The van der Waals surface area contributed by atoms with E-state index in [1.807, 2.05) is 0 Å². The Balaban J connectivity index is -0.000000174. The molecule has 0 aliphatic rings. The average Bonchev–Trinajstić information content (AvgIpc) is 2.30. The molecule has 0 atom stereocenters. The van der Waals surface area contributed by atoms with Crippen LogP contribution in [-0.4, -0.2) is 66.7 Å². The van der Waals surface area contributed by atoms with Crippen molar-refractivity contribution in [2.45, 2.75) is 13.0 Å². The van der Waals surface area contributed by atoms with Crippen LogP contribution in [0.1, 0.15) is 6.92 Å². The van der Waals surface area contributed by atoms with Crippen LogP contribution in [0, 0.1) is 0 Å². The van der Waals surface area contributed by atoms with Crippen molar-refractivity contribution in [3.8, 4) is 0 Å². The summed E-state index contributed by atoms with van der Waals surface area (Å²) < 4.78 is 8.94. The third-order valence-corrected chi connectivity index (χ3v) is 1.02. The molecular weight excluding hydrogens is 232 g/mol. The standard InChI is InChI=1S/C4H6O2.C3H8O3.C3H8O2/c1-3(2)4(5)6;4-1-3(6)2-5;1-4-3-5-2/h1H2,2H3,(H,5,6);3-6H,1-2H2;3H2,1-2H3. The molecule has 0 bridgehead atoms. The Kier molecular flexibility index (Phi) is 21.8. The predicted molar refractivity (Wildman–Crippen MR) is 61.5 cm³/mol. The number of carbonyl (C=O) groups is 1. The average molecular weight is 254 g/mol. The first-order valence-electron chi connectivity index (χ1n) is 4.63. The summed E-state index contributed by atoms with van der Waals surface area (Å²) in [5, 5.41) is 31.9. The van der Waals surface area contributed by atoms with Gasteiger partial charge in [0.2, 0.25) is 0 Å². The number of carboxylic acid groups (broad SMARTS) is 1. The van der Waals surface area contributed by atoms with Crippen LogP contribution in [0.25, 0.3) is 0 Å². The molecule has 7 heteroatoms. The van der Waals surface area contributed by atoms with Crippen molar-refractivity contribution >= 4 is 5.97 Å². The summed E-state index contributed by atoms with van der Waals surface area (Å²) in [6, 6.07) is 0. The number of aliphatic hydroxyl groups excluding tert-OH is 3. The Labute approximate surface area is 101 Å². The highest BCUT2D eigenvalue weighted by molar-refractivity contribution is 5.84. The second-order valence-corrected chi connectivity index (χ2v) is 2.80. The van der Waals surface area contributed by atoms with Crippen LogP contribution in [0.5, 0.6) is 0 Å². The summed E-state index contributed by atoms with van der Waals surface area (Å²) in [5.74, 6) is -0.935. The molecule has 0 aromatic rings. The van der Waals surface area contributed by atoms with Gasteiger partial charge in [0.1, 0.15) is 12.9 Å². The zero-order chi connectivity index (χ0) is 14.3. The van der Waals surface area contributed by atoms with Crippen molar-refractivity contribution in [3.05, 3.63) is 12.2 Å². The normalized spacial score (nSPS) is 8.65. The fraction of sp³-hybridized carbons (Fsp3) is 0.700. The first-order valence-corrected chi connectivity index (χ1v) is 4.63. The number of rotatable bonds is 5. The molecule has 0 aromatic heterocycles. The third kappa shape index (κ3) is 31.3. The number of aliphatic carboxylic acids is 1. The molecule has 0 aliphatic carbocycles. The number of hydrogen-bond acceptors (Lipinski definition) is 6. The van der Waals surface area contributed by atoms with Crippen LogP contribution in [0.4, 0.5) is 0 Å². The topological polar surface area (TPSA) is 116 Å². The van der Waals surface area contributed by atoms with Crippen LogP contribution < -0.4 is 0 Å². The van der Waals surface area contributed by atoms with Gasteiger partial charge < -0.3 is 29.9 Å². The fourth-order valence-corrected chi connectivity index (χ4v) is 0.176. The van der Waals surface area contributed by atoms with E-state index in [1.165, 1.54) is 6.92 Å². The Morgan fingerprint density at radius 3 is 1.53 bits per heavy atom. The van der Waals surface area contributed by atoms with E-state index in [4.69, 9.17) is 20.4 Å². The van der Waals surface area contributed by atoms with Crippen molar-refractivity contribution in [1.82, 2.24) is 0 Å². The molecule has 0 spiro atoms. The minimum atomic E-state index is -0.954. The van der Waals surface area contributed by atoms with Gasteiger partial charge in [0.15, 0.2) is 0 Å². The van der Waals surface area contributed by atoms with Gasteiger partial charge in [-0.3, -0.25) is 0 Å². The third-order valence-electron chi connectivity index (χ3n) is 1.02. The van der Waals surface area contributed by atoms with E-state index in [-0.39, 0.29) is 18.8 Å². The first-order chi connectivity index (χ1) is 7.87. The Bertz CT molecular complexity index is 163. The Morgan fingerprint density at radius 2 is 1.53 bits per heavy atom. The number of carboxylic acids is 1. The monoisotopic (exact) mass is 254 g/mol. The molecule has 17 heavy (non-hydrogen) atoms. The molecule has 0 saturated heterocycles. The lowest BCUT2D eigenvalue weighted by Gasteiger charge is -1.96. The van der Waals surface area contributed by atoms with E-state index in [9.17, 15) is 4.79 Å². The lowest BCUT2D eigenvalue weighted by Crippen LogP contribution is -2.15. The maximum atomic E-state index is 9.60. The molecule has 0 aromatic carbocycles. The molecule has 7 nitrogen and oxygen atoms in total. The van der Waals surface area contributed by atoms with E-state index >= 15 is 0 Å². The summed E-state index contributed by atoms with van der Waals surface area (Å²) >= 11 is 0. The number of methoxy groups -OCH3 is 2. The van der Waals surface area contributed by atoms with Crippen molar-refractivity contribution in [2.24, 2.45) is 0 Å². The van der Waals surface area contributed by atoms with Crippen molar-refractivity contribution < 1.29 is 34.7 Å². The lowest BCUT2D eigenvalue weighted by atomic mass is 10.4. The van der Waals surface area contributed by atoms with Crippen molar-refractivity contribution in [2.75, 3.05) is 34.2 Å². The first kappa shape index (κ1) is 21.3. The van der Waals surface area contributed by atoms with Crippen LogP contribution in [0.15, 0.2) is 12.2 Å². The van der Waals surface area contributed by atoms with E-state index in [1.54, 1.807) is 14.2 Å². The molecule has 104 valence electrons. The molecule has 0 heterocycles. The highest BCUT2D eigenvalue weighted by atomic mass is 16.6. The van der Waals surface area contributed by atoms with Crippen LogP contribution in [0.2, 0.25) is 0 Å². The Morgan fingerprint density at radius 1 is 1.24 bits per heavy atom. The molecule has 0 aliphatic heterocycles. The predicted octanol–water partition coefficient (Wildman–Crippen LogP) is -0.784. The van der Waals surface area contributed by atoms with Gasteiger partial charge in [-0.1, -0.05) is 6.58 Å². The van der Waals surface area contributed by atoms with Gasteiger partial charge in [0, 0.05) is 19.8 Å². The molecule has 0 amide bonds. The maximum Gasteiger partial charge on any atom is 0.330 e. The molecule has 0 saturated carbocycles. The zero-order valence-electron chi connectivity index (χ0n) is 10.4. The van der Waals surface area contributed by atoms with Gasteiger partial charge in [-0.2, -0.15) is 0 Å². The van der Waals surface area contributed by atoms with Gasteiger partial charge in [0.25, 0.3) is 0 Å². The summed E-state index contributed by atoms with van der Waals surface area (Å²) in [4.78, 5) is 9.60. The Hall–Kier alpha value is -0.990. The summed E-state index contributed by atoms with van der Waals surface area (Å²) in [6.45, 7) is 4.26. The largest absolute Gasteiger partial charge is 0.478 e. The SMILES string of the molecule is C=C(C)C(=O)O.COCOC.OCC(O)CO. The number of ether oxygens (including phenoxy) is 2. The smallest absolute Gasteiger partial charge is 0.330 e. The zero-order valence-corrected chi connectivity index (χ0v) is 10.4. The van der Waals surface area contributed by atoms with Gasteiger partial charge in [-0.15, -0.1) is 0 Å². The fourth-order valence-electron chi connectivity index (χ4n) is 0.176. The molecule has 4 N–H and O–H groups in total. The second-order valence-electron chi connectivity index (χ2n) is 2.80. The maximum absolute atomic E-state index is 9.60. The van der Waals surface area contributed by atoms with Crippen molar-refractivity contribution in [3.63, 3.8) is 0 Å². The van der Waals surface area contributed by atoms with E-state index in [0.29, 0.717) is 6.79 Å². The number of hydrogen-bond donors (Lipinski definition) is 4. The molecule has 0 unspecified atom stereocenters. The van der Waals surface area contributed by atoms with Crippen LogP contribution >= 0.6 is 0 Å². The molecule has 0 fully saturated rings. The minimum absolute atomic E-state index is 0.176. The molecular formula is C10H22O7. The van der Waals surface area contributed by atoms with Gasteiger partial charge in [-0.25, -0.2) is 4.79 Å². The highest BCUT2D eigenvalue weighted by Crippen LogP contribution is 1.81. The quantitative estimate of drug-likeness (QED) is 0.375. The second kappa shape index (κ2) is 17.4. The number of aliphatic hydroxyl groups is 3. The van der Waals surface area contributed by atoms with Gasteiger partial charge in [-0.05, 0) is 6.92 Å². The highest BCUT2D eigenvalue weighted by Gasteiger charge is 1.93. The van der Waals surface area contributed by atoms with Crippen molar-refractivity contribution in [1.29, 1.82) is 0 Å². The minimum Gasteiger partial charge on any atom is -0.478 e. The molecule has 0 radical (unpaired) electrons. The lowest BCUT2D eigenvalue weighted by molar-refractivity contribution is -0.132. The molecule has 0 rings (SSSR count). The summed E-state index contributed by atoms with van der Waals surface area (Å²) in [5.41, 5.74) is 0.176. The van der Waals surface area contributed by atoms with E-state index in [0.717, 1.165) is 0 Å². The van der Waals surface area contributed by atoms with Gasteiger partial charge >= 0.3 is 5.97 Å².